The molecule has 142 valence electrons. The van der Waals surface area contributed by atoms with Gasteiger partial charge in [-0.15, -0.1) is 6.58 Å². The van der Waals surface area contributed by atoms with Crippen molar-refractivity contribution in [2.45, 2.75) is 12.8 Å². The highest BCUT2D eigenvalue weighted by Crippen LogP contribution is 2.33. The van der Waals surface area contributed by atoms with Gasteiger partial charge in [-0.3, -0.25) is 4.79 Å². The number of amides is 1. The van der Waals surface area contributed by atoms with Crippen LogP contribution in [0.5, 0.6) is 17.2 Å². The second-order valence-corrected chi connectivity index (χ2v) is 6.56. The van der Waals surface area contributed by atoms with Crippen molar-refractivity contribution in [2.75, 3.05) is 27.4 Å². The van der Waals surface area contributed by atoms with E-state index in [0.29, 0.717) is 36.6 Å². The van der Waals surface area contributed by atoms with Gasteiger partial charge in [-0.2, -0.15) is 0 Å². The van der Waals surface area contributed by atoms with Gasteiger partial charge >= 0.3 is 0 Å². The molecule has 1 atom stereocenters. The van der Waals surface area contributed by atoms with Gasteiger partial charge in [-0.1, -0.05) is 24.3 Å². The first-order valence-electron chi connectivity index (χ1n) is 9.01. The molecule has 1 unspecified atom stereocenters. The Hall–Kier alpha value is -2.95. The van der Waals surface area contributed by atoms with Crippen LogP contribution in [0.1, 0.15) is 21.5 Å². The topological polar surface area (TPSA) is 56.8 Å². The van der Waals surface area contributed by atoms with E-state index in [0.717, 1.165) is 17.7 Å². The van der Waals surface area contributed by atoms with Crippen LogP contribution in [0.4, 0.5) is 0 Å². The van der Waals surface area contributed by atoms with Crippen molar-refractivity contribution in [3.8, 4) is 17.2 Å². The number of hydrogen-bond donors (Lipinski definition) is 1. The number of methoxy groups -OCH3 is 2. The summed E-state index contributed by atoms with van der Waals surface area (Å²) in [6.07, 6.45) is 3.26. The molecule has 5 nitrogen and oxygen atoms in total. The van der Waals surface area contributed by atoms with Crippen LogP contribution in [-0.2, 0) is 12.8 Å². The highest BCUT2D eigenvalue weighted by atomic mass is 16.5. The van der Waals surface area contributed by atoms with Crippen LogP contribution in [0.2, 0.25) is 0 Å². The quantitative estimate of drug-likeness (QED) is 0.762. The maximum Gasteiger partial charge on any atom is 0.251 e. The van der Waals surface area contributed by atoms with Gasteiger partial charge in [0.15, 0.2) is 11.5 Å². The van der Waals surface area contributed by atoms with Gasteiger partial charge in [0.25, 0.3) is 5.91 Å². The minimum atomic E-state index is -0.139. The predicted molar refractivity (Wildman–Crippen MR) is 105 cm³/mol. The molecule has 1 aliphatic rings. The molecule has 1 amide bonds. The molecule has 1 heterocycles. The summed E-state index contributed by atoms with van der Waals surface area (Å²) in [6.45, 7) is 4.92. The molecular weight excluding hydrogens is 342 g/mol. The lowest BCUT2D eigenvalue weighted by molar-refractivity contribution is 0.0938. The van der Waals surface area contributed by atoms with Crippen molar-refractivity contribution in [3.05, 3.63) is 65.7 Å². The first-order valence-corrected chi connectivity index (χ1v) is 9.01. The molecular formula is C22H25NO4. The summed E-state index contributed by atoms with van der Waals surface area (Å²) in [4.78, 5) is 12.7. The number of ether oxygens (including phenoxy) is 3. The first kappa shape index (κ1) is 18.8. The maximum atomic E-state index is 12.7. The van der Waals surface area contributed by atoms with Crippen molar-refractivity contribution in [1.82, 2.24) is 5.32 Å². The Bertz CT molecular complexity index is 831. The van der Waals surface area contributed by atoms with Crippen LogP contribution >= 0.6 is 0 Å². The predicted octanol–water partition coefficient (Wildman–Crippen LogP) is 3.41. The number of carbonyl (C=O) groups excluding carboxylic acids is 1. The van der Waals surface area contributed by atoms with E-state index in [1.807, 2.05) is 24.3 Å². The van der Waals surface area contributed by atoms with Crippen molar-refractivity contribution in [1.29, 1.82) is 0 Å². The third-order valence-corrected chi connectivity index (χ3v) is 4.69. The second-order valence-electron chi connectivity index (χ2n) is 6.56. The molecule has 5 heteroatoms. The number of hydrogen-bond acceptors (Lipinski definition) is 4. The molecule has 0 fully saturated rings. The zero-order chi connectivity index (χ0) is 19.2. The van der Waals surface area contributed by atoms with Gasteiger partial charge in [0.2, 0.25) is 0 Å². The van der Waals surface area contributed by atoms with E-state index >= 15 is 0 Å². The Kier molecular flexibility index (Phi) is 6.01. The van der Waals surface area contributed by atoms with Crippen LogP contribution in [0.15, 0.2) is 49.1 Å². The number of nitrogens with one attached hydrogen (secondary N) is 1. The smallest absolute Gasteiger partial charge is 0.251 e. The van der Waals surface area contributed by atoms with E-state index in [2.05, 4.69) is 18.0 Å². The molecule has 1 aliphatic heterocycles. The maximum absolute atomic E-state index is 12.7. The fourth-order valence-corrected chi connectivity index (χ4v) is 3.34. The van der Waals surface area contributed by atoms with Crippen molar-refractivity contribution in [3.63, 3.8) is 0 Å². The Morgan fingerprint density at radius 2 is 2.11 bits per heavy atom. The number of benzene rings is 2. The zero-order valence-corrected chi connectivity index (χ0v) is 15.8. The molecule has 0 aliphatic carbocycles. The summed E-state index contributed by atoms with van der Waals surface area (Å²) in [7, 11) is 3.15. The Morgan fingerprint density at radius 1 is 1.30 bits per heavy atom. The third-order valence-electron chi connectivity index (χ3n) is 4.69. The lowest BCUT2D eigenvalue weighted by atomic mass is 9.96. The normalized spacial score (nSPS) is 15.3. The average molecular weight is 367 g/mol. The van der Waals surface area contributed by atoms with E-state index in [4.69, 9.17) is 14.2 Å². The molecule has 27 heavy (non-hydrogen) atoms. The highest BCUT2D eigenvalue weighted by molar-refractivity contribution is 5.95. The minimum absolute atomic E-state index is 0.139. The second kappa shape index (κ2) is 8.62. The molecule has 2 aromatic carbocycles. The van der Waals surface area contributed by atoms with Crippen LogP contribution in [-0.4, -0.2) is 33.3 Å². The van der Waals surface area contributed by atoms with Crippen LogP contribution in [0.25, 0.3) is 0 Å². The van der Waals surface area contributed by atoms with Crippen LogP contribution < -0.4 is 19.5 Å². The van der Waals surface area contributed by atoms with Gasteiger partial charge in [0.1, 0.15) is 5.75 Å². The van der Waals surface area contributed by atoms with E-state index in [1.54, 1.807) is 26.4 Å². The molecule has 0 aromatic heterocycles. The Labute approximate surface area is 159 Å². The van der Waals surface area contributed by atoms with Crippen molar-refractivity contribution in [2.24, 2.45) is 5.92 Å². The van der Waals surface area contributed by atoms with Gasteiger partial charge in [-0.25, -0.2) is 0 Å². The molecule has 0 saturated heterocycles. The van der Waals surface area contributed by atoms with Crippen molar-refractivity contribution < 1.29 is 19.0 Å². The largest absolute Gasteiger partial charge is 0.493 e. The zero-order valence-electron chi connectivity index (χ0n) is 15.8. The minimum Gasteiger partial charge on any atom is -0.493 e. The SMILES string of the molecule is C=CCc1cc(C(=O)NCC2COc3ccccc3C2)cc(OC)c1OC. The Morgan fingerprint density at radius 3 is 2.85 bits per heavy atom. The molecule has 0 saturated carbocycles. The number of fused-ring (bicyclic) bond motifs is 1. The summed E-state index contributed by atoms with van der Waals surface area (Å²) in [6, 6.07) is 11.6. The van der Waals surface area contributed by atoms with E-state index in [-0.39, 0.29) is 11.8 Å². The fourth-order valence-electron chi connectivity index (χ4n) is 3.34. The lowest BCUT2D eigenvalue weighted by Gasteiger charge is -2.25. The number of para-hydroxylation sites is 1. The number of rotatable bonds is 7. The molecule has 0 radical (unpaired) electrons. The summed E-state index contributed by atoms with van der Waals surface area (Å²) in [5.41, 5.74) is 2.59. The van der Waals surface area contributed by atoms with Crippen LogP contribution in [0, 0.1) is 5.92 Å². The van der Waals surface area contributed by atoms with Crippen LogP contribution in [0.3, 0.4) is 0 Å². The van der Waals surface area contributed by atoms with Crippen molar-refractivity contribution >= 4 is 5.91 Å². The van der Waals surface area contributed by atoms with Gasteiger partial charge in [0, 0.05) is 23.6 Å². The van der Waals surface area contributed by atoms with Gasteiger partial charge in [0.05, 0.1) is 20.8 Å². The fraction of sp³-hybridized carbons (Fsp3) is 0.318. The number of carbonyl (C=O) groups is 1. The monoisotopic (exact) mass is 367 g/mol. The summed E-state index contributed by atoms with van der Waals surface area (Å²) in [5, 5.41) is 3.02. The average Bonchev–Trinajstić information content (AvgIpc) is 2.71. The standard InChI is InChI=1S/C22H25NO4/c1-4-7-17-11-18(12-20(25-2)21(17)26-3)22(24)23-13-15-10-16-8-5-6-9-19(16)27-14-15/h4-6,8-9,11-12,15H,1,7,10,13-14H2,2-3H3,(H,23,24). The molecule has 0 bridgehead atoms. The van der Waals surface area contributed by atoms with E-state index < -0.39 is 0 Å². The summed E-state index contributed by atoms with van der Waals surface area (Å²) < 4.78 is 16.6. The third kappa shape index (κ3) is 4.25. The van der Waals surface area contributed by atoms with Gasteiger partial charge < -0.3 is 19.5 Å². The molecule has 0 spiro atoms. The van der Waals surface area contributed by atoms with E-state index in [1.165, 1.54) is 5.56 Å². The summed E-state index contributed by atoms with van der Waals surface area (Å²) >= 11 is 0. The van der Waals surface area contributed by atoms with Gasteiger partial charge in [-0.05, 0) is 36.6 Å². The van der Waals surface area contributed by atoms with E-state index in [9.17, 15) is 4.79 Å². The molecule has 3 rings (SSSR count). The first-order chi connectivity index (χ1) is 13.2. The lowest BCUT2D eigenvalue weighted by Crippen LogP contribution is -2.34. The summed E-state index contributed by atoms with van der Waals surface area (Å²) in [5.74, 6) is 2.22. The number of allylic oxidation sites excluding steroid dienone is 1. The Balaban J connectivity index is 1.69. The molecule has 1 N–H and O–H groups in total. The molecule has 2 aromatic rings. The highest BCUT2D eigenvalue weighted by Gasteiger charge is 2.21.